The average molecular weight is 290 g/mol. The lowest BCUT2D eigenvalue weighted by atomic mass is 10.1. The highest BCUT2D eigenvalue weighted by atomic mass is 16.4. The SMILES string of the molecule is CC(C)N1CCCN(Cc2ccc(CC(=O)O)cc2)CC1. The number of nitrogens with zero attached hydrogens (tertiary/aromatic N) is 2. The van der Waals surface area contributed by atoms with Crippen molar-refractivity contribution < 1.29 is 9.90 Å². The molecule has 1 fully saturated rings. The van der Waals surface area contributed by atoms with Crippen LogP contribution in [-0.4, -0.2) is 53.1 Å². The van der Waals surface area contributed by atoms with Gasteiger partial charge in [-0.25, -0.2) is 0 Å². The Labute approximate surface area is 127 Å². The first kappa shape index (κ1) is 16.0. The second-order valence-electron chi connectivity index (χ2n) is 6.15. The minimum absolute atomic E-state index is 0.105. The first-order valence-electron chi connectivity index (χ1n) is 7.80. The van der Waals surface area contributed by atoms with Crippen LogP contribution >= 0.6 is 0 Å². The predicted molar refractivity (Wildman–Crippen MR) is 84.4 cm³/mol. The highest BCUT2D eigenvalue weighted by Crippen LogP contribution is 2.12. The molecule has 0 spiro atoms. The van der Waals surface area contributed by atoms with Gasteiger partial charge in [-0.3, -0.25) is 14.6 Å². The van der Waals surface area contributed by atoms with Gasteiger partial charge in [0.25, 0.3) is 0 Å². The Hall–Kier alpha value is -1.39. The third-order valence-corrected chi connectivity index (χ3v) is 4.14. The first-order chi connectivity index (χ1) is 10.0. The van der Waals surface area contributed by atoms with Gasteiger partial charge in [-0.05, 0) is 44.5 Å². The number of aliphatic carboxylic acids is 1. The predicted octanol–water partition coefficient (Wildman–Crippen LogP) is 2.23. The zero-order chi connectivity index (χ0) is 15.2. The molecule has 0 bridgehead atoms. The minimum atomic E-state index is -0.774. The molecule has 0 amide bonds. The highest BCUT2D eigenvalue weighted by Gasteiger charge is 2.16. The largest absolute Gasteiger partial charge is 0.481 e. The molecule has 1 aromatic rings. The van der Waals surface area contributed by atoms with Gasteiger partial charge in [0.2, 0.25) is 0 Å². The Balaban J connectivity index is 1.88. The number of hydrogen-bond donors (Lipinski definition) is 1. The molecule has 0 aliphatic carbocycles. The summed E-state index contributed by atoms with van der Waals surface area (Å²) in [6.07, 6.45) is 1.32. The molecule has 0 saturated carbocycles. The molecule has 1 aliphatic heterocycles. The lowest BCUT2D eigenvalue weighted by Crippen LogP contribution is -2.34. The summed E-state index contributed by atoms with van der Waals surface area (Å²) >= 11 is 0. The van der Waals surface area contributed by atoms with E-state index in [9.17, 15) is 4.79 Å². The second-order valence-corrected chi connectivity index (χ2v) is 6.15. The fraction of sp³-hybridized carbons (Fsp3) is 0.588. The average Bonchev–Trinajstić information content (AvgIpc) is 2.66. The Morgan fingerprint density at radius 1 is 1.10 bits per heavy atom. The highest BCUT2D eigenvalue weighted by molar-refractivity contribution is 5.70. The molecule has 1 saturated heterocycles. The monoisotopic (exact) mass is 290 g/mol. The number of hydrogen-bond acceptors (Lipinski definition) is 3. The van der Waals surface area contributed by atoms with E-state index in [4.69, 9.17) is 5.11 Å². The van der Waals surface area contributed by atoms with E-state index in [1.54, 1.807) is 0 Å². The molecule has 1 heterocycles. The number of carboxylic acid groups (broad SMARTS) is 1. The van der Waals surface area contributed by atoms with Gasteiger partial charge in [-0.15, -0.1) is 0 Å². The number of carboxylic acids is 1. The smallest absolute Gasteiger partial charge is 0.307 e. The molecule has 4 heteroatoms. The van der Waals surface area contributed by atoms with Crippen molar-refractivity contribution in [1.29, 1.82) is 0 Å². The maximum Gasteiger partial charge on any atom is 0.307 e. The maximum atomic E-state index is 10.7. The van der Waals surface area contributed by atoms with Crippen molar-refractivity contribution in [1.82, 2.24) is 9.80 Å². The van der Waals surface area contributed by atoms with Gasteiger partial charge in [0.15, 0.2) is 0 Å². The standard InChI is InChI=1S/C17H26N2O2/c1-14(2)19-9-3-8-18(10-11-19)13-16-6-4-15(5-7-16)12-17(20)21/h4-7,14H,3,8-13H2,1-2H3,(H,20,21). The number of benzene rings is 1. The lowest BCUT2D eigenvalue weighted by molar-refractivity contribution is -0.136. The van der Waals surface area contributed by atoms with Crippen LogP contribution in [0.5, 0.6) is 0 Å². The van der Waals surface area contributed by atoms with Crippen LogP contribution in [0.25, 0.3) is 0 Å². The van der Waals surface area contributed by atoms with Gasteiger partial charge in [0, 0.05) is 25.7 Å². The fourth-order valence-electron chi connectivity index (χ4n) is 2.86. The van der Waals surface area contributed by atoms with Crippen molar-refractivity contribution in [2.45, 2.75) is 39.3 Å². The van der Waals surface area contributed by atoms with Crippen molar-refractivity contribution in [2.24, 2.45) is 0 Å². The second kappa shape index (κ2) is 7.57. The molecule has 1 aromatic carbocycles. The van der Waals surface area contributed by atoms with E-state index in [1.807, 2.05) is 12.1 Å². The van der Waals surface area contributed by atoms with Crippen molar-refractivity contribution in [3.05, 3.63) is 35.4 Å². The van der Waals surface area contributed by atoms with E-state index in [2.05, 4.69) is 35.8 Å². The zero-order valence-corrected chi connectivity index (χ0v) is 13.1. The van der Waals surface area contributed by atoms with E-state index in [0.29, 0.717) is 6.04 Å². The Kier molecular flexibility index (Phi) is 5.76. The molecule has 116 valence electrons. The van der Waals surface area contributed by atoms with Gasteiger partial charge in [-0.2, -0.15) is 0 Å². The molecule has 1 aliphatic rings. The lowest BCUT2D eigenvalue weighted by Gasteiger charge is -2.24. The summed E-state index contributed by atoms with van der Waals surface area (Å²) in [7, 11) is 0. The summed E-state index contributed by atoms with van der Waals surface area (Å²) < 4.78 is 0. The Morgan fingerprint density at radius 3 is 2.38 bits per heavy atom. The normalized spacial score (nSPS) is 17.9. The van der Waals surface area contributed by atoms with E-state index in [-0.39, 0.29) is 6.42 Å². The molecule has 21 heavy (non-hydrogen) atoms. The summed E-state index contributed by atoms with van der Waals surface area (Å²) in [5.74, 6) is -0.774. The van der Waals surface area contributed by atoms with Crippen LogP contribution in [-0.2, 0) is 17.8 Å². The van der Waals surface area contributed by atoms with Crippen LogP contribution in [0.1, 0.15) is 31.4 Å². The fourth-order valence-corrected chi connectivity index (χ4v) is 2.86. The quantitative estimate of drug-likeness (QED) is 0.903. The van der Waals surface area contributed by atoms with Crippen molar-refractivity contribution in [3.8, 4) is 0 Å². The Bertz CT molecular complexity index is 456. The maximum absolute atomic E-state index is 10.7. The molecule has 0 atom stereocenters. The van der Waals surface area contributed by atoms with Gasteiger partial charge < -0.3 is 5.11 Å². The molecular weight excluding hydrogens is 264 g/mol. The van der Waals surface area contributed by atoms with Gasteiger partial charge >= 0.3 is 5.97 Å². The van der Waals surface area contributed by atoms with Crippen molar-refractivity contribution in [2.75, 3.05) is 26.2 Å². The third-order valence-electron chi connectivity index (χ3n) is 4.14. The van der Waals surface area contributed by atoms with Crippen molar-refractivity contribution in [3.63, 3.8) is 0 Å². The molecule has 2 rings (SSSR count). The van der Waals surface area contributed by atoms with Gasteiger partial charge in [0.1, 0.15) is 0 Å². The summed E-state index contributed by atoms with van der Waals surface area (Å²) in [6.45, 7) is 10.0. The summed E-state index contributed by atoms with van der Waals surface area (Å²) in [5, 5.41) is 8.79. The van der Waals surface area contributed by atoms with Crippen molar-refractivity contribution >= 4 is 5.97 Å². The van der Waals surface area contributed by atoms with Crippen LogP contribution in [0, 0.1) is 0 Å². The minimum Gasteiger partial charge on any atom is -0.481 e. The molecular formula is C17H26N2O2. The van der Waals surface area contributed by atoms with Crippen LogP contribution < -0.4 is 0 Å². The first-order valence-corrected chi connectivity index (χ1v) is 7.80. The topological polar surface area (TPSA) is 43.8 Å². The molecule has 0 radical (unpaired) electrons. The van der Waals surface area contributed by atoms with Crippen LogP contribution in [0.3, 0.4) is 0 Å². The third kappa shape index (κ3) is 5.14. The molecule has 0 unspecified atom stereocenters. The zero-order valence-electron chi connectivity index (χ0n) is 13.1. The van der Waals surface area contributed by atoms with Crippen LogP contribution in [0.4, 0.5) is 0 Å². The number of carbonyl (C=O) groups is 1. The Morgan fingerprint density at radius 2 is 1.76 bits per heavy atom. The summed E-state index contributed by atoms with van der Waals surface area (Å²) in [4.78, 5) is 15.7. The number of rotatable bonds is 5. The molecule has 4 nitrogen and oxygen atoms in total. The van der Waals surface area contributed by atoms with Crippen LogP contribution in [0.15, 0.2) is 24.3 Å². The van der Waals surface area contributed by atoms with Gasteiger partial charge in [0.05, 0.1) is 6.42 Å². The van der Waals surface area contributed by atoms with E-state index < -0.39 is 5.97 Å². The van der Waals surface area contributed by atoms with Gasteiger partial charge in [-0.1, -0.05) is 24.3 Å². The van der Waals surface area contributed by atoms with E-state index in [0.717, 1.165) is 31.7 Å². The summed E-state index contributed by atoms with van der Waals surface area (Å²) in [6, 6.07) is 8.61. The van der Waals surface area contributed by atoms with E-state index in [1.165, 1.54) is 18.5 Å². The molecule has 0 aromatic heterocycles. The summed E-state index contributed by atoms with van der Waals surface area (Å²) in [5.41, 5.74) is 2.13. The van der Waals surface area contributed by atoms with Crippen LogP contribution in [0.2, 0.25) is 0 Å². The van der Waals surface area contributed by atoms with E-state index >= 15 is 0 Å². The molecule has 1 N–H and O–H groups in total.